The summed E-state index contributed by atoms with van der Waals surface area (Å²) in [6.45, 7) is 0. The molecule has 6 nitrogen and oxygen atoms in total. The second-order valence-electron chi connectivity index (χ2n) is 7.26. The van der Waals surface area contributed by atoms with Gasteiger partial charge in [0.25, 0.3) is 17.7 Å². The number of benzene rings is 4. The summed E-state index contributed by atoms with van der Waals surface area (Å²) in [5.74, 6) is -0.910. The highest BCUT2D eigenvalue weighted by Crippen LogP contribution is 2.24. The first-order valence-electron chi connectivity index (χ1n) is 10.3. The minimum Gasteiger partial charge on any atom is -0.322 e. The number of hydrogen-bond donors (Lipinski definition) is 3. The van der Waals surface area contributed by atoms with Gasteiger partial charge in [-0.3, -0.25) is 14.4 Å². The molecule has 0 fully saturated rings. The monoisotopic (exact) mass is 435 g/mol. The molecule has 0 atom stereocenters. The molecular weight excluding hydrogens is 414 g/mol. The molecule has 0 unspecified atom stereocenters. The molecule has 4 rings (SSSR count). The van der Waals surface area contributed by atoms with E-state index in [1.165, 1.54) is 0 Å². The van der Waals surface area contributed by atoms with E-state index in [4.69, 9.17) is 0 Å². The fraction of sp³-hybridized carbons (Fsp3) is 0. The minimum atomic E-state index is -0.303. The van der Waals surface area contributed by atoms with Gasteiger partial charge < -0.3 is 16.0 Å². The number of rotatable bonds is 6. The van der Waals surface area contributed by atoms with Crippen LogP contribution in [0.25, 0.3) is 0 Å². The molecule has 0 bridgehead atoms. The zero-order valence-electron chi connectivity index (χ0n) is 17.6. The molecule has 0 aliphatic rings. The van der Waals surface area contributed by atoms with Crippen molar-refractivity contribution in [3.63, 3.8) is 0 Å². The molecule has 0 spiro atoms. The summed E-state index contributed by atoms with van der Waals surface area (Å²) in [6.07, 6.45) is 0. The first-order valence-corrected chi connectivity index (χ1v) is 10.3. The van der Waals surface area contributed by atoms with Gasteiger partial charge in [0, 0.05) is 33.8 Å². The summed E-state index contributed by atoms with van der Waals surface area (Å²) in [7, 11) is 0. The lowest BCUT2D eigenvalue weighted by Gasteiger charge is -2.13. The van der Waals surface area contributed by atoms with E-state index in [0.29, 0.717) is 33.8 Å². The smallest absolute Gasteiger partial charge is 0.255 e. The lowest BCUT2D eigenvalue weighted by Crippen LogP contribution is -2.16. The van der Waals surface area contributed by atoms with Gasteiger partial charge in [0.15, 0.2) is 0 Å². The number of carbonyl (C=O) groups is 3. The van der Waals surface area contributed by atoms with Crippen molar-refractivity contribution >= 4 is 34.8 Å². The Balaban J connectivity index is 1.61. The molecule has 0 heterocycles. The van der Waals surface area contributed by atoms with Gasteiger partial charge in [-0.15, -0.1) is 0 Å². The summed E-state index contributed by atoms with van der Waals surface area (Å²) in [5, 5.41) is 8.47. The summed E-state index contributed by atoms with van der Waals surface area (Å²) in [4.78, 5) is 37.9. The third-order valence-corrected chi connectivity index (χ3v) is 4.81. The lowest BCUT2D eigenvalue weighted by atomic mass is 10.1. The molecule has 6 heteroatoms. The Morgan fingerprint density at radius 3 is 0.879 bits per heavy atom. The van der Waals surface area contributed by atoms with Crippen LogP contribution in [0.15, 0.2) is 109 Å². The first kappa shape index (κ1) is 21.5. The van der Waals surface area contributed by atoms with Crippen LogP contribution >= 0.6 is 0 Å². The van der Waals surface area contributed by atoms with Crippen molar-refractivity contribution in [3.05, 3.63) is 126 Å². The number of anilines is 3. The maximum absolute atomic E-state index is 12.6. The van der Waals surface area contributed by atoms with Gasteiger partial charge in [0.2, 0.25) is 0 Å². The molecule has 4 aromatic rings. The first-order chi connectivity index (χ1) is 16.1. The van der Waals surface area contributed by atoms with Crippen molar-refractivity contribution in [3.8, 4) is 0 Å². The van der Waals surface area contributed by atoms with E-state index in [9.17, 15) is 14.4 Å². The Morgan fingerprint density at radius 2 is 0.636 bits per heavy atom. The fourth-order valence-electron chi connectivity index (χ4n) is 3.22. The van der Waals surface area contributed by atoms with E-state index < -0.39 is 0 Å². The molecule has 0 aliphatic heterocycles. The van der Waals surface area contributed by atoms with Gasteiger partial charge in [-0.25, -0.2) is 0 Å². The van der Waals surface area contributed by atoms with Gasteiger partial charge in [-0.1, -0.05) is 54.6 Å². The molecule has 33 heavy (non-hydrogen) atoms. The van der Waals surface area contributed by atoms with Crippen LogP contribution in [0.5, 0.6) is 0 Å². The van der Waals surface area contributed by atoms with Crippen LogP contribution in [0.4, 0.5) is 17.1 Å². The zero-order valence-corrected chi connectivity index (χ0v) is 17.6. The van der Waals surface area contributed by atoms with Gasteiger partial charge in [0.05, 0.1) is 0 Å². The zero-order chi connectivity index (χ0) is 23.0. The predicted octanol–water partition coefficient (Wildman–Crippen LogP) is 5.44. The van der Waals surface area contributed by atoms with Gasteiger partial charge in [-0.05, 0) is 54.6 Å². The molecule has 4 aromatic carbocycles. The Kier molecular flexibility index (Phi) is 6.56. The third-order valence-electron chi connectivity index (χ3n) is 4.81. The maximum Gasteiger partial charge on any atom is 0.255 e. The van der Waals surface area contributed by atoms with E-state index >= 15 is 0 Å². The molecule has 0 aromatic heterocycles. The second kappa shape index (κ2) is 10.1. The van der Waals surface area contributed by atoms with E-state index in [0.717, 1.165) is 0 Å². The van der Waals surface area contributed by atoms with Crippen molar-refractivity contribution in [2.75, 3.05) is 16.0 Å². The van der Waals surface area contributed by atoms with Crippen molar-refractivity contribution in [1.29, 1.82) is 0 Å². The summed E-state index contributed by atoms with van der Waals surface area (Å²) in [6, 6.07) is 31.3. The number of hydrogen-bond acceptors (Lipinski definition) is 3. The molecule has 162 valence electrons. The molecule has 3 amide bonds. The van der Waals surface area contributed by atoms with Crippen LogP contribution in [0, 0.1) is 0 Å². The third kappa shape index (κ3) is 5.71. The molecule has 0 aliphatic carbocycles. The summed E-state index contributed by atoms with van der Waals surface area (Å²) < 4.78 is 0. The van der Waals surface area contributed by atoms with Crippen molar-refractivity contribution in [1.82, 2.24) is 0 Å². The van der Waals surface area contributed by atoms with E-state index in [2.05, 4.69) is 16.0 Å². The van der Waals surface area contributed by atoms with E-state index in [1.807, 2.05) is 18.2 Å². The van der Waals surface area contributed by atoms with Crippen LogP contribution in [0.3, 0.4) is 0 Å². The quantitative estimate of drug-likeness (QED) is 0.377. The highest BCUT2D eigenvalue weighted by Gasteiger charge is 2.12. The topological polar surface area (TPSA) is 87.3 Å². The Bertz CT molecular complexity index is 1100. The minimum absolute atomic E-state index is 0.303. The van der Waals surface area contributed by atoms with E-state index in [-0.39, 0.29) is 17.7 Å². The van der Waals surface area contributed by atoms with Crippen LogP contribution in [-0.4, -0.2) is 17.7 Å². The van der Waals surface area contributed by atoms with Crippen molar-refractivity contribution < 1.29 is 14.4 Å². The molecule has 3 N–H and O–H groups in total. The van der Waals surface area contributed by atoms with Crippen LogP contribution in [0.2, 0.25) is 0 Å². The Labute approximate surface area is 191 Å². The molecule has 0 saturated heterocycles. The number of carbonyl (C=O) groups excluding carboxylic acids is 3. The van der Waals surface area contributed by atoms with Gasteiger partial charge >= 0.3 is 0 Å². The number of nitrogens with one attached hydrogen (secondary N) is 3. The second-order valence-corrected chi connectivity index (χ2v) is 7.26. The molecular formula is C27H21N3O3. The molecule has 0 radical (unpaired) electrons. The SMILES string of the molecule is O=C(Nc1cc(NC(=O)c2ccccc2)cc(NC(=O)c2ccccc2)c1)c1ccccc1. The molecule has 0 saturated carbocycles. The van der Waals surface area contributed by atoms with Crippen LogP contribution in [-0.2, 0) is 0 Å². The predicted molar refractivity (Wildman–Crippen MR) is 130 cm³/mol. The van der Waals surface area contributed by atoms with Crippen molar-refractivity contribution in [2.24, 2.45) is 0 Å². The number of amides is 3. The lowest BCUT2D eigenvalue weighted by molar-refractivity contribution is 0.101. The normalized spacial score (nSPS) is 10.2. The standard InChI is InChI=1S/C27H21N3O3/c31-25(19-10-4-1-5-11-19)28-22-16-23(29-26(32)20-12-6-2-7-13-20)18-24(17-22)30-27(33)21-14-8-3-9-15-21/h1-18H,(H,28,31)(H,29,32)(H,30,33). The fourth-order valence-corrected chi connectivity index (χ4v) is 3.22. The largest absolute Gasteiger partial charge is 0.322 e. The van der Waals surface area contributed by atoms with Gasteiger partial charge in [0.1, 0.15) is 0 Å². The average Bonchev–Trinajstić information content (AvgIpc) is 2.85. The average molecular weight is 435 g/mol. The van der Waals surface area contributed by atoms with Crippen LogP contribution < -0.4 is 16.0 Å². The Morgan fingerprint density at radius 1 is 0.394 bits per heavy atom. The highest BCUT2D eigenvalue weighted by atomic mass is 16.2. The van der Waals surface area contributed by atoms with Gasteiger partial charge in [-0.2, -0.15) is 0 Å². The van der Waals surface area contributed by atoms with E-state index in [1.54, 1.807) is 91.0 Å². The summed E-state index contributed by atoms with van der Waals surface area (Å²) in [5.41, 5.74) is 2.76. The highest BCUT2D eigenvalue weighted by molar-refractivity contribution is 6.08. The Hall–Kier alpha value is -4.71. The van der Waals surface area contributed by atoms with Crippen molar-refractivity contribution in [2.45, 2.75) is 0 Å². The summed E-state index contributed by atoms with van der Waals surface area (Å²) >= 11 is 0. The maximum atomic E-state index is 12.6. The van der Waals surface area contributed by atoms with Crippen LogP contribution in [0.1, 0.15) is 31.1 Å².